The number of Topliss-reactive ketones (excluding diaryl/α,β-unsaturated/α-hetero) is 1. The van der Waals surface area contributed by atoms with Crippen molar-refractivity contribution < 1.29 is 9.90 Å². The first kappa shape index (κ1) is 14.4. The third kappa shape index (κ3) is 2.49. The van der Waals surface area contributed by atoms with Crippen LogP contribution in [0.25, 0.3) is 11.1 Å². The highest BCUT2D eigenvalue weighted by Crippen LogP contribution is 2.42. The molecule has 0 radical (unpaired) electrons. The molecule has 0 saturated heterocycles. The van der Waals surface area contributed by atoms with Crippen LogP contribution in [0.4, 0.5) is 0 Å². The maximum Gasteiger partial charge on any atom is 0.160 e. The average Bonchev–Trinajstić information content (AvgIpc) is 2.96. The molecule has 0 unspecified atom stereocenters. The van der Waals surface area contributed by atoms with E-state index in [9.17, 15) is 9.90 Å². The second-order valence-electron chi connectivity index (χ2n) is 5.17. The second-order valence-corrected chi connectivity index (χ2v) is 5.17. The van der Waals surface area contributed by atoms with Crippen LogP contribution < -0.4 is 0 Å². The van der Waals surface area contributed by atoms with Gasteiger partial charge in [-0.3, -0.25) is 14.8 Å². The maximum atomic E-state index is 12.1. The lowest BCUT2D eigenvalue weighted by molar-refractivity contribution is -0.113. The van der Waals surface area contributed by atoms with Crippen LogP contribution in [0.15, 0.2) is 60.2 Å². The van der Waals surface area contributed by atoms with E-state index in [1.807, 2.05) is 24.3 Å². The van der Waals surface area contributed by atoms with Crippen LogP contribution in [0.2, 0.25) is 0 Å². The van der Waals surface area contributed by atoms with Gasteiger partial charge in [-0.1, -0.05) is 0 Å². The lowest BCUT2D eigenvalue weighted by Crippen LogP contribution is -2.04. The normalized spacial score (nSPS) is 14.6. The van der Waals surface area contributed by atoms with Crippen LogP contribution in [-0.2, 0) is 4.79 Å². The predicted octanol–water partition coefficient (Wildman–Crippen LogP) is 2.67. The van der Waals surface area contributed by atoms with Crippen molar-refractivity contribution in [3.05, 3.63) is 71.3 Å². The van der Waals surface area contributed by atoms with E-state index in [-0.39, 0.29) is 12.4 Å². The number of pyridine rings is 2. The van der Waals surface area contributed by atoms with Crippen molar-refractivity contribution >= 4 is 16.9 Å². The fraction of sp³-hybridized carbons (Fsp3) is 0.167. The summed E-state index contributed by atoms with van der Waals surface area (Å²) < 4.78 is 0. The van der Waals surface area contributed by atoms with Crippen molar-refractivity contribution in [2.75, 3.05) is 6.61 Å². The number of carbonyl (C=O) groups is 1. The number of nitrogens with zero attached hydrogens (tertiary/aromatic N) is 2. The molecule has 2 aromatic heterocycles. The Labute approximate surface area is 128 Å². The third-order valence-corrected chi connectivity index (χ3v) is 3.89. The molecule has 0 aliphatic heterocycles. The Morgan fingerprint density at radius 2 is 1.50 bits per heavy atom. The first-order chi connectivity index (χ1) is 10.7. The zero-order valence-electron chi connectivity index (χ0n) is 12.3. The lowest BCUT2D eigenvalue weighted by atomic mass is 9.98. The van der Waals surface area contributed by atoms with Gasteiger partial charge in [0, 0.05) is 30.4 Å². The van der Waals surface area contributed by atoms with Gasteiger partial charge in [0.05, 0.1) is 6.61 Å². The van der Waals surface area contributed by atoms with E-state index in [1.54, 1.807) is 31.7 Å². The van der Waals surface area contributed by atoms with Crippen LogP contribution >= 0.6 is 0 Å². The Balaban J connectivity index is 2.14. The summed E-state index contributed by atoms with van der Waals surface area (Å²) >= 11 is 0. The van der Waals surface area contributed by atoms with E-state index >= 15 is 0 Å². The Bertz CT molecular complexity index is 762. The molecular weight excluding hydrogens is 276 g/mol. The van der Waals surface area contributed by atoms with Gasteiger partial charge in [-0.05, 0) is 65.5 Å². The van der Waals surface area contributed by atoms with Crippen LogP contribution in [0, 0.1) is 0 Å². The minimum absolute atomic E-state index is 0.0279. The quantitative estimate of drug-likeness (QED) is 0.941. The van der Waals surface area contributed by atoms with Gasteiger partial charge in [0.2, 0.25) is 0 Å². The summed E-state index contributed by atoms with van der Waals surface area (Å²) in [6.45, 7) is 1.39. The third-order valence-electron chi connectivity index (χ3n) is 3.89. The number of ketones is 1. The largest absolute Gasteiger partial charge is 0.392 e. The summed E-state index contributed by atoms with van der Waals surface area (Å²) in [6, 6.07) is 7.59. The van der Waals surface area contributed by atoms with E-state index < -0.39 is 0 Å². The fourth-order valence-corrected chi connectivity index (χ4v) is 2.93. The van der Waals surface area contributed by atoms with Gasteiger partial charge >= 0.3 is 0 Å². The Morgan fingerprint density at radius 1 is 1.00 bits per heavy atom. The van der Waals surface area contributed by atoms with Gasteiger partial charge in [0.15, 0.2) is 5.78 Å². The topological polar surface area (TPSA) is 63.1 Å². The molecular formula is C18H16N2O2. The highest BCUT2D eigenvalue weighted by atomic mass is 16.3. The molecule has 4 nitrogen and oxygen atoms in total. The molecule has 4 heteroatoms. The Hall–Kier alpha value is -2.59. The smallest absolute Gasteiger partial charge is 0.160 e. The molecule has 3 rings (SSSR count). The number of aliphatic hydroxyl groups excluding tert-OH is 1. The number of allylic oxidation sites excluding steroid dienone is 2. The maximum absolute atomic E-state index is 12.1. The van der Waals surface area contributed by atoms with E-state index in [0.29, 0.717) is 17.6 Å². The summed E-state index contributed by atoms with van der Waals surface area (Å²) in [6.07, 6.45) is 7.48. The summed E-state index contributed by atoms with van der Waals surface area (Å²) in [5, 5.41) is 9.81. The number of aromatic nitrogens is 2. The summed E-state index contributed by atoms with van der Waals surface area (Å²) in [4.78, 5) is 20.2. The first-order valence-corrected chi connectivity index (χ1v) is 7.10. The highest BCUT2D eigenvalue weighted by Gasteiger charge is 2.28. The number of aliphatic hydroxyl groups is 1. The Morgan fingerprint density at radius 3 is 1.95 bits per heavy atom. The zero-order valence-corrected chi connectivity index (χ0v) is 12.3. The molecule has 0 amide bonds. The van der Waals surface area contributed by atoms with Crippen molar-refractivity contribution in [2.45, 2.75) is 13.3 Å². The molecule has 0 atom stereocenters. The van der Waals surface area contributed by atoms with Gasteiger partial charge in [-0.25, -0.2) is 0 Å². The van der Waals surface area contributed by atoms with Crippen molar-refractivity contribution in [3.8, 4) is 0 Å². The second kappa shape index (κ2) is 6.03. The molecule has 0 spiro atoms. The first-order valence-electron chi connectivity index (χ1n) is 7.10. The highest BCUT2D eigenvalue weighted by molar-refractivity contribution is 6.12. The van der Waals surface area contributed by atoms with Crippen LogP contribution in [0.5, 0.6) is 0 Å². The SMILES string of the molecule is CC(=O)C1=C(c2ccncc2)CC(c2ccncc2)=C1CO. The monoisotopic (exact) mass is 292 g/mol. The number of carbonyl (C=O) groups excluding carboxylic acids is 1. The van der Waals surface area contributed by atoms with Gasteiger partial charge in [-0.15, -0.1) is 0 Å². The number of hydrogen-bond donors (Lipinski definition) is 1. The molecule has 22 heavy (non-hydrogen) atoms. The van der Waals surface area contributed by atoms with Crippen LogP contribution in [0.1, 0.15) is 24.5 Å². The number of rotatable bonds is 4. The zero-order chi connectivity index (χ0) is 15.5. The van der Waals surface area contributed by atoms with Crippen molar-refractivity contribution in [1.82, 2.24) is 9.97 Å². The molecule has 1 aliphatic carbocycles. The summed E-state index contributed by atoms with van der Waals surface area (Å²) in [7, 11) is 0. The molecule has 1 aliphatic rings. The van der Waals surface area contributed by atoms with E-state index in [4.69, 9.17) is 0 Å². The van der Waals surface area contributed by atoms with Crippen molar-refractivity contribution in [1.29, 1.82) is 0 Å². The predicted molar refractivity (Wildman–Crippen MR) is 84.7 cm³/mol. The van der Waals surface area contributed by atoms with E-state index in [2.05, 4.69) is 9.97 Å². The van der Waals surface area contributed by atoms with E-state index in [1.165, 1.54) is 0 Å². The molecule has 0 saturated carbocycles. The minimum atomic E-state index is -0.152. The van der Waals surface area contributed by atoms with E-state index in [0.717, 1.165) is 22.3 Å². The average molecular weight is 292 g/mol. The standard InChI is InChI=1S/C18H16N2O2/c1-12(22)18-16(14-4-8-20-9-5-14)10-15(17(18)11-21)13-2-6-19-7-3-13/h2-9,21H,10-11H2,1H3. The van der Waals surface area contributed by atoms with Gasteiger partial charge in [0.25, 0.3) is 0 Å². The molecule has 0 aromatic carbocycles. The van der Waals surface area contributed by atoms with Gasteiger partial charge in [-0.2, -0.15) is 0 Å². The van der Waals surface area contributed by atoms with Crippen LogP contribution in [-0.4, -0.2) is 27.5 Å². The van der Waals surface area contributed by atoms with Crippen LogP contribution in [0.3, 0.4) is 0 Å². The molecule has 110 valence electrons. The molecule has 0 bridgehead atoms. The van der Waals surface area contributed by atoms with Crippen molar-refractivity contribution in [3.63, 3.8) is 0 Å². The summed E-state index contributed by atoms with van der Waals surface area (Å²) in [5.74, 6) is -0.0279. The molecule has 1 N–H and O–H groups in total. The lowest BCUT2D eigenvalue weighted by Gasteiger charge is -2.07. The molecule has 0 fully saturated rings. The molecule has 2 heterocycles. The Kier molecular flexibility index (Phi) is 3.94. The fourth-order valence-electron chi connectivity index (χ4n) is 2.93. The number of hydrogen-bond acceptors (Lipinski definition) is 4. The van der Waals surface area contributed by atoms with Gasteiger partial charge in [0.1, 0.15) is 0 Å². The van der Waals surface area contributed by atoms with Gasteiger partial charge < -0.3 is 5.11 Å². The summed E-state index contributed by atoms with van der Waals surface area (Å²) in [5.41, 5.74) is 5.23. The van der Waals surface area contributed by atoms with Crippen molar-refractivity contribution in [2.24, 2.45) is 0 Å². The molecule has 2 aromatic rings. The minimum Gasteiger partial charge on any atom is -0.392 e.